The van der Waals surface area contributed by atoms with Gasteiger partial charge >= 0.3 is 0 Å². The largest absolute Gasteiger partial charge is 0.0864 e. The van der Waals surface area contributed by atoms with Crippen LogP contribution in [-0.4, -0.2) is 4.43 Å². The number of halogens is 1. The van der Waals surface area contributed by atoms with Crippen molar-refractivity contribution < 1.29 is 0 Å². The number of hydrogen-bond acceptors (Lipinski definition) is 0. The molecule has 1 aliphatic rings. The first-order chi connectivity index (χ1) is 5.86. The molecule has 0 nitrogen and oxygen atoms in total. The van der Waals surface area contributed by atoms with E-state index in [4.69, 9.17) is 0 Å². The SMILES string of the molecule is CCCC1CCC(CCI)CC1. The van der Waals surface area contributed by atoms with Crippen LogP contribution in [0.3, 0.4) is 0 Å². The fourth-order valence-corrected chi connectivity index (χ4v) is 3.25. The fraction of sp³-hybridized carbons (Fsp3) is 1.00. The summed E-state index contributed by atoms with van der Waals surface area (Å²) < 4.78 is 1.36. The van der Waals surface area contributed by atoms with Crippen LogP contribution in [-0.2, 0) is 0 Å². The van der Waals surface area contributed by atoms with E-state index < -0.39 is 0 Å². The highest BCUT2D eigenvalue weighted by atomic mass is 127. The molecule has 0 bridgehead atoms. The lowest BCUT2D eigenvalue weighted by atomic mass is 9.79. The average Bonchev–Trinajstić information content (AvgIpc) is 2.09. The van der Waals surface area contributed by atoms with Gasteiger partial charge in [0.1, 0.15) is 0 Å². The molecule has 0 atom stereocenters. The van der Waals surface area contributed by atoms with Crippen LogP contribution < -0.4 is 0 Å². The topological polar surface area (TPSA) is 0 Å². The minimum absolute atomic E-state index is 1.08. The van der Waals surface area contributed by atoms with E-state index in [9.17, 15) is 0 Å². The van der Waals surface area contributed by atoms with Gasteiger partial charge in [-0.15, -0.1) is 0 Å². The van der Waals surface area contributed by atoms with Crippen LogP contribution in [0.15, 0.2) is 0 Å². The zero-order valence-electron chi connectivity index (χ0n) is 8.19. The maximum Gasteiger partial charge on any atom is -0.000209 e. The Labute approximate surface area is 90.6 Å². The molecule has 0 unspecified atom stereocenters. The van der Waals surface area contributed by atoms with Crippen LogP contribution in [0.1, 0.15) is 51.9 Å². The van der Waals surface area contributed by atoms with Gasteiger partial charge in [0.05, 0.1) is 0 Å². The molecule has 0 N–H and O–H groups in total. The first-order valence-corrected chi connectivity index (χ1v) is 6.95. The summed E-state index contributed by atoms with van der Waals surface area (Å²) >= 11 is 2.51. The highest BCUT2D eigenvalue weighted by Gasteiger charge is 2.19. The van der Waals surface area contributed by atoms with E-state index in [-0.39, 0.29) is 0 Å². The third kappa shape index (κ3) is 3.63. The normalized spacial score (nSPS) is 30.5. The number of hydrogen-bond donors (Lipinski definition) is 0. The van der Waals surface area contributed by atoms with Gasteiger partial charge in [-0.2, -0.15) is 0 Å². The zero-order chi connectivity index (χ0) is 8.81. The molecule has 0 aromatic heterocycles. The molecule has 0 amide bonds. The van der Waals surface area contributed by atoms with Crippen molar-refractivity contribution in [2.75, 3.05) is 4.43 Å². The van der Waals surface area contributed by atoms with Crippen LogP contribution in [0.2, 0.25) is 0 Å². The molecule has 0 heterocycles. The maximum absolute atomic E-state index is 2.51. The van der Waals surface area contributed by atoms with Crippen molar-refractivity contribution >= 4 is 22.6 Å². The molecule has 1 saturated carbocycles. The minimum atomic E-state index is 1.08. The molecular formula is C11H21I. The lowest BCUT2D eigenvalue weighted by Gasteiger charge is -2.27. The molecule has 1 rings (SSSR count). The molecule has 72 valence electrons. The second kappa shape index (κ2) is 6.22. The molecule has 1 aliphatic carbocycles. The fourth-order valence-electron chi connectivity index (χ4n) is 2.37. The van der Waals surface area contributed by atoms with Crippen molar-refractivity contribution in [2.24, 2.45) is 11.8 Å². The van der Waals surface area contributed by atoms with E-state index in [1.807, 2.05) is 0 Å². The minimum Gasteiger partial charge on any atom is -0.0864 e. The second-order valence-corrected chi connectivity index (χ2v) is 5.23. The van der Waals surface area contributed by atoms with Crippen LogP contribution >= 0.6 is 22.6 Å². The number of rotatable bonds is 4. The van der Waals surface area contributed by atoms with Gasteiger partial charge in [-0.05, 0) is 22.7 Å². The van der Waals surface area contributed by atoms with Crippen LogP contribution in [0.5, 0.6) is 0 Å². The number of alkyl halides is 1. The summed E-state index contributed by atoms with van der Waals surface area (Å²) in [5.74, 6) is 2.16. The van der Waals surface area contributed by atoms with Crippen molar-refractivity contribution in [1.82, 2.24) is 0 Å². The molecule has 0 aromatic rings. The third-order valence-corrected chi connectivity index (χ3v) is 3.80. The van der Waals surface area contributed by atoms with Crippen molar-refractivity contribution in [3.8, 4) is 0 Å². The van der Waals surface area contributed by atoms with E-state index in [0.29, 0.717) is 0 Å². The Balaban J connectivity index is 2.11. The van der Waals surface area contributed by atoms with E-state index in [0.717, 1.165) is 11.8 Å². The van der Waals surface area contributed by atoms with Crippen LogP contribution in [0.25, 0.3) is 0 Å². The Morgan fingerprint density at radius 3 is 1.92 bits per heavy atom. The predicted octanol–water partition coefficient (Wildman–Crippen LogP) is 4.42. The average molecular weight is 280 g/mol. The summed E-state index contributed by atoms with van der Waals surface area (Å²) in [6, 6.07) is 0. The van der Waals surface area contributed by atoms with E-state index in [1.54, 1.807) is 0 Å². The van der Waals surface area contributed by atoms with Gasteiger partial charge < -0.3 is 0 Å². The summed E-state index contributed by atoms with van der Waals surface area (Å²) in [6.45, 7) is 2.32. The Bertz CT molecular complexity index is 89.6. The van der Waals surface area contributed by atoms with E-state index in [1.165, 1.54) is 49.4 Å². The molecular weight excluding hydrogens is 259 g/mol. The standard InChI is InChI=1S/C11H21I/c1-2-3-10-4-6-11(7-5-10)8-9-12/h10-11H,2-9H2,1H3. The molecule has 0 aliphatic heterocycles. The summed E-state index contributed by atoms with van der Waals surface area (Å²) in [5.41, 5.74) is 0. The quantitative estimate of drug-likeness (QED) is 0.528. The second-order valence-electron chi connectivity index (χ2n) is 4.15. The molecule has 0 aromatic carbocycles. The summed E-state index contributed by atoms with van der Waals surface area (Å²) in [7, 11) is 0. The van der Waals surface area contributed by atoms with Crippen molar-refractivity contribution in [2.45, 2.75) is 51.9 Å². The smallest absolute Gasteiger partial charge is 0.000209 e. The predicted molar refractivity (Wildman–Crippen MR) is 63.9 cm³/mol. The maximum atomic E-state index is 2.51. The first-order valence-electron chi connectivity index (χ1n) is 5.42. The lowest BCUT2D eigenvalue weighted by Crippen LogP contribution is -2.14. The van der Waals surface area contributed by atoms with Crippen molar-refractivity contribution in [1.29, 1.82) is 0 Å². The first kappa shape index (κ1) is 10.8. The Hall–Kier alpha value is 0.730. The van der Waals surface area contributed by atoms with Gasteiger partial charge in [0.2, 0.25) is 0 Å². The van der Waals surface area contributed by atoms with Crippen LogP contribution in [0, 0.1) is 11.8 Å². The highest BCUT2D eigenvalue weighted by Crippen LogP contribution is 2.33. The third-order valence-electron chi connectivity index (χ3n) is 3.18. The molecule has 1 fully saturated rings. The summed E-state index contributed by atoms with van der Waals surface area (Å²) in [4.78, 5) is 0. The lowest BCUT2D eigenvalue weighted by molar-refractivity contribution is 0.259. The zero-order valence-corrected chi connectivity index (χ0v) is 10.3. The van der Waals surface area contributed by atoms with Gasteiger partial charge in [0.15, 0.2) is 0 Å². The monoisotopic (exact) mass is 280 g/mol. The van der Waals surface area contributed by atoms with Crippen LogP contribution in [0.4, 0.5) is 0 Å². The van der Waals surface area contributed by atoms with Crippen molar-refractivity contribution in [3.63, 3.8) is 0 Å². The summed E-state index contributed by atoms with van der Waals surface area (Å²) in [5, 5.41) is 0. The van der Waals surface area contributed by atoms with Crippen molar-refractivity contribution in [3.05, 3.63) is 0 Å². The van der Waals surface area contributed by atoms with Gasteiger partial charge in [-0.1, -0.05) is 68.0 Å². The molecule has 1 heteroatoms. The van der Waals surface area contributed by atoms with Gasteiger partial charge in [-0.3, -0.25) is 0 Å². The molecule has 0 saturated heterocycles. The Kier molecular flexibility index (Phi) is 5.61. The Morgan fingerprint density at radius 2 is 1.50 bits per heavy atom. The van der Waals surface area contributed by atoms with Gasteiger partial charge in [0.25, 0.3) is 0 Å². The molecule has 0 spiro atoms. The summed E-state index contributed by atoms with van der Waals surface area (Å²) in [6.07, 6.45) is 10.4. The molecule has 12 heavy (non-hydrogen) atoms. The van der Waals surface area contributed by atoms with E-state index >= 15 is 0 Å². The molecule has 0 radical (unpaired) electrons. The van der Waals surface area contributed by atoms with Gasteiger partial charge in [-0.25, -0.2) is 0 Å². The Morgan fingerprint density at radius 1 is 1.00 bits per heavy atom. The highest BCUT2D eigenvalue weighted by molar-refractivity contribution is 14.1. The van der Waals surface area contributed by atoms with Gasteiger partial charge in [0, 0.05) is 0 Å². The van der Waals surface area contributed by atoms with E-state index in [2.05, 4.69) is 29.5 Å².